The Kier molecular flexibility index (Phi) is 2.14. The molecule has 10 heteroatoms. The van der Waals surface area contributed by atoms with Crippen molar-refractivity contribution < 1.29 is 33.6 Å². The predicted molar refractivity (Wildman–Crippen MR) is 46.6 cm³/mol. The highest BCUT2D eigenvalue weighted by Crippen LogP contribution is 2.39. The molecule has 2 aliphatic heterocycles. The summed E-state index contributed by atoms with van der Waals surface area (Å²) < 4.78 is 62.8. The highest BCUT2D eigenvalue weighted by Gasteiger charge is 2.56. The molecule has 0 spiro atoms. The summed E-state index contributed by atoms with van der Waals surface area (Å²) in [7, 11) is -8.07. The smallest absolute Gasteiger partial charge is 0.242 e. The van der Waals surface area contributed by atoms with E-state index in [4.69, 9.17) is 0 Å². The average Bonchev–Trinajstić information content (AvgIpc) is 2.58. The quantitative estimate of drug-likeness (QED) is 0.543. The minimum atomic E-state index is -4.04. The van der Waals surface area contributed by atoms with Gasteiger partial charge in [-0.2, -0.15) is 16.8 Å². The predicted octanol–water partition coefficient (Wildman–Crippen LogP) is -1.16. The highest BCUT2D eigenvalue weighted by atomic mass is 32.3. The molecule has 0 amide bonds. The third kappa shape index (κ3) is 1.65. The van der Waals surface area contributed by atoms with Gasteiger partial charge in [0.05, 0.1) is 0 Å². The van der Waals surface area contributed by atoms with Gasteiger partial charge in [0.25, 0.3) is 0 Å². The van der Waals surface area contributed by atoms with Gasteiger partial charge in [-0.3, -0.25) is 0 Å². The van der Waals surface area contributed by atoms with Crippen LogP contribution >= 0.6 is 0 Å². The lowest BCUT2D eigenvalue weighted by Gasteiger charge is -2.27. The second-order valence-corrected chi connectivity index (χ2v) is 6.19. The zero-order chi connectivity index (χ0) is 11.6. The van der Waals surface area contributed by atoms with E-state index in [-0.39, 0.29) is 0 Å². The number of rotatable bonds is 0. The van der Waals surface area contributed by atoms with E-state index in [9.17, 15) is 16.8 Å². The van der Waals surface area contributed by atoms with Gasteiger partial charge in [-0.25, -0.2) is 16.7 Å². The fourth-order valence-corrected chi connectivity index (χ4v) is 4.26. The summed E-state index contributed by atoms with van der Waals surface area (Å²) in [5, 5.41) is 0. The summed E-state index contributed by atoms with van der Waals surface area (Å²) in [6.45, 7) is 0. The van der Waals surface area contributed by atoms with E-state index < -0.39 is 45.2 Å². The topological polar surface area (TPSA) is 105 Å². The van der Waals surface area contributed by atoms with Crippen molar-refractivity contribution in [1.82, 2.24) is 0 Å². The van der Waals surface area contributed by atoms with Gasteiger partial charge in [-0.05, 0) is 12.8 Å². The molecule has 0 aromatic heterocycles. The lowest BCUT2D eigenvalue weighted by molar-refractivity contribution is -0.0191. The third-order valence-corrected chi connectivity index (χ3v) is 4.61. The molecule has 3 aliphatic rings. The van der Waals surface area contributed by atoms with Crippen LogP contribution in [-0.2, 0) is 37.5 Å². The molecule has 2 heterocycles. The van der Waals surface area contributed by atoms with Crippen LogP contribution < -0.4 is 0 Å². The highest BCUT2D eigenvalue weighted by molar-refractivity contribution is 7.82. The van der Waals surface area contributed by atoms with Crippen molar-refractivity contribution in [3.05, 3.63) is 0 Å². The average molecular weight is 272 g/mol. The fraction of sp³-hybridized carbons (Fsp3) is 1.00. The maximum absolute atomic E-state index is 11.1. The van der Waals surface area contributed by atoms with Gasteiger partial charge < -0.3 is 0 Å². The molecule has 4 atom stereocenters. The first kappa shape index (κ1) is 10.9. The normalized spacial score (nSPS) is 48.5. The second kappa shape index (κ2) is 3.15. The Balaban J connectivity index is 1.92. The number of hydrogen-bond donors (Lipinski definition) is 0. The van der Waals surface area contributed by atoms with E-state index in [1.807, 2.05) is 0 Å². The van der Waals surface area contributed by atoms with Crippen LogP contribution in [0.2, 0.25) is 0 Å². The van der Waals surface area contributed by atoms with Crippen LogP contribution in [0.4, 0.5) is 0 Å². The van der Waals surface area contributed by atoms with Crippen LogP contribution in [0.3, 0.4) is 0 Å². The van der Waals surface area contributed by atoms with Crippen molar-refractivity contribution in [3.63, 3.8) is 0 Å². The third-order valence-electron chi connectivity index (χ3n) is 2.73. The molecular weight excluding hydrogens is 264 g/mol. The molecule has 1 aliphatic carbocycles. The first-order chi connectivity index (χ1) is 7.36. The van der Waals surface area contributed by atoms with Gasteiger partial charge >= 0.3 is 20.8 Å². The van der Waals surface area contributed by atoms with E-state index in [1.165, 1.54) is 0 Å². The molecule has 2 saturated heterocycles. The van der Waals surface area contributed by atoms with Crippen LogP contribution in [0.15, 0.2) is 0 Å². The number of fused-ring (bicyclic) bond motifs is 3. The lowest BCUT2D eigenvalue weighted by atomic mass is 9.90. The number of hydrogen-bond acceptors (Lipinski definition) is 8. The minimum absolute atomic E-state index is 0.351. The molecule has 4 unspecified atom stereocenters. The Labute approximate surface area is 92.1 Å². The van der Waals surface area contributed by atoms with Crippen molar-refractivity contribution >= 4 is 20.8 Å². The van der Waals surface area contributed by atoms with E-state index in [0.717, 1.165) is 0 Å². The van der Waals surface area contributed by atoms with Crippen LogP contribution in [0.1, 0.15) is 12.8 Å². The largest absolute Gasteiger partial charge is 0.400 e. The van der Waals surface area contributed by atoms with Gasteiger partial charge in [0.2, 0.25) is 0 Å². The Morgan fingerprint density at radius 1 is 0.688 bits per heavy atom. The zero-order valence-electron chi connectivity index (χ0n) is 7.81. The molecule has 0 aromatic rings. The minimum Gasteiger partial charge on any atom is -0.242 e. The Bertz CT molecular complexity index is 459. The summed E-state index contributed by atoms with van der Waals surface area (Å²) >= 11 is 0. The lowest BCUT2D eigenvalue weighted by Crippen LogP contribution is -2.46. The molecule has 0 radical (unpaired) electrons. The molecular formula is C6H8O8S2. The van der Waals surface area contributed by atoms with Crippen LogP contribution in [0.5, 0.6) is 0 Å². The first-order valence-electron chi connectivity index (χ1n) is 4.59. The Morgan fingerprint density at radius 3 is 1.44 bits per heavy atom. The van der Waals surface area contributed by atoms with Gasteiger partial charge in [0, 0.05) is 0 Å². The van der Waals surface area contributed by atoms with Crippen LogP contribution in [-0.4, -0.2) is 41.3 Å². The van der Waals surface area contributed by atoms with Crippen molar-refractivity contribution in [2.24, 2.45) is 0 Å². The molecule has 92 valence electrons. The molecule has 1 saturated carbocycles. The van der Waals surface area contributed by atoms with Crippen molar-refractivity contribution in [1.29, 1.82) is 0 Å². The van der Waals surface area contributed by atoms with Gasteiger partial charge in [0.1, 0.15) is 24.4 Å². The maximum atomic E-state index is 11.1. The van der Waals surface area contributed by atoms with Crippen LogP contribution in [0, 0.1) is 0 Å². The first-order valence-corrected chi connectivity index (χ1v) is 7.26. The van der Waals surface area contributed by atoms with Gasteiger partial charge in [0.15, 0.2) is 0 Å². The van der Waals surface area contributed by atoms with Crippen molar-refractivity contribution in [2.45, 2.75) is 37.3 Å². The maximum Gasteiger partial charge on any atom is 0.400 e. The molecule has 3 fully saturated rings. The molecule has 3 rings (SSSR count). The standard InChI is InChI=1S/C6H8O8S2/c7-15(8)11-3-1-2-4-6(5(3)13-15)14-16(9,10)12-4/h3-6H,1-2H2. The van der Waals surface area contributed by atoms with E-state index in [0.29, 0.717) is 12.8 Å². The summed E-state index contributed by atoms with van der Waals surface area (Å²) in [6, 6.07) is 0. The Morgan fingerprint density at radius 2 is 1.06 bits per heavy atom. The molecule has 8 nitrogen and oxygen atoms in total. The summed E-state index contributed by atoms with van der Waals surface area (Å²) in [5.41, 5.74) is 0. The van der Waals surface area contributed by atoms with E-state index in [2.05, 4.69) is 16.7 Å². The summed E-state index contributed by atoms with van der Waals surface area (Å²) in [6.07, 6.45) is -2.57. The van der Waals surface area contributed by atoms with Gasteiger partial charge in [-0.15, -0.1) is 0 Å². The van der Waals surface area contributed by atoms with Gasteiger partial charge in [-0.1, -0.05) is 0 Å². The molecule has 0 N–H and O–H groups in total. The molecule has 0 bridgehead atoms. The monoisotopic (exact) mass is 272 g/mol. The van der Waals surface area contributed by atoms with Crippen molar-refractivity contribution in [3.8, 4) is 0 Å². The second-order valence-electron chi connectivity index (χ2n) is 3.78. The summed E-state index contributed by atoms with van der Waals surface area (Å²) in [4.78, 5) is 0. The fourth-order valence-electron chi connectivity index (χ4n) is 2.14. The zero-order valence-corrected chi connectivity index (χ0v) is 9.44. The molecule has 16 heavy (non-hydrogen) atoms. The SMILES string of the molecule is O=S1(=O)OC2CCC3OS(=O)(=O)OC3C2O1. The summed E-state index contributed by atoms with van der Waals surface area (Å²) in [5.74, 6) is 0. The Hall–Kier alpha value is -0.260. The van der Waals surface area contributed by atoms with Crippen LogP contribution in [0.25, 0.3) is 0 Å². The van der Waals surface area contributed by atoms with Crippen molar-refractivity contribution in [2.75, 3.05) is 0 Å². The van der Waals surface area contributed by atoms with E-state index >= 15 is 0 Å². The molecule has 0 aromatic carbocycles. The van der Waals surface area contributed by atoms with E-state index in [1.54, 1.807) is 0 Å².